The number of ether oxygens (including phenoxy) is 1. The summed E-state index contributed by atoms with van der Waals surface area (Å²) in [5.41, 5.74) is 3.92. The Morgan fingerprint density at radius 3 is 2.43 bits per heavy atom. The van der Waals surface area contributed by atoms with Crippen LogP contribution in [0.1, 0.15) is 93.1 Å². The summed E-state index contributed by atoms with van der Waals surface area (Å²) < 4.78 is 39.9. The smallest absolute Gasteiger partial charge is 0.281 e. The molecule has 9 nitrogen and oxygen atoms in total. The number of rotatable bonds is 5. The minimum Gasteiger partial charge on any atom is -0.375 e. The lowest BCUT2D eigenvalue weighted by Crippen LogP contribution is -2.44. The van der Waals surface area contributed by atoms with Gasteiger partial charge in [0.2, 0.25) is 11.8 Å². The lowest BCUT2D eigenvalue weighted by Gasteiger charge is -2.40. The highest BCUT2D eigenvalue weighted by atomic mass is 79.9. The number of nitrogens with zero attached hydrogens (tertiary/aromatic N) is 4. The van der Waals surface area contributed by atoms with Gasteiger partial charge in [0.1, 0.15) is 17.5 Å². The minimum atomic E-state index is -1.00. The molecule has 1 N–H and O–H groups in total. The molecule has 2 unspecified atom stereocenters. The Hall–Kier alpha value is -4.00. The molecule has 0 bridgehead atoms. The maximum atomic E-state index is 15.2. The molecule has 1 aromatic heterocycles. The fourth-order valence-corrected chi connectivity index (χ4v) is 10.5. The first kappa shape index (κ1) is 35.7. The third-order valence-electron chi connectivity index (χ3n) is 12.9. The van der Waals surface area contributed by atoms with Gasteiger partial charge in [-0.05, 0) is 135 Å². The number of halogens is 3. The van der Waals surface area contributed by atoms with Gasteiger partial charge in [-0.2, -0.15) is 4.98 Å². The molecular weight excluding hydrogens is 756 g/mol. The lowest BCUT2D eigenvalue weighted by atomic mass is 9.82. The summed E-state index contributed by atoms with van der Waals surface area (Å²) in [5.74, 6) is -1.88. The van der Waals surface area contributed by atoms with Gasteiger partial charge in [0, 0.05) is 41.8 Å². The molecule has 5 aliphatic rings. The molecule has 4 aromatic rings. The number of carbonyl (C=O) groups is 2. The average molecular weight is 801 g/mol. The lowest BCUT2D eigenvalue weighted by molar-refractivity contribution is -0.134. The van der Waals surface area contributed by atoms with Crippen LogP contribution in [0.4, 0.5) is 14.5 Å². The quantitative estimate of drug-likeness (QED) is 0.221. The number of hydrogen-bond acceptors (Lipinski definition) is 7. The third-order valence-corrected chi connectivity index (χ3v) is 13.6. The number of carbonyl (C=O) groups excluding carboxylic acids is 2. The second kappa shape index (κ2) is 13.3. The number of nitrogens with one attached hydrogen (secondary N) is 1. The van der Waals surface area contributed by atoms with Crippen molar-refractivity contribution in [3.63, 3.8) is 0 Å². The van der Waals surface area contributed by atoms with Gasteiger partial charge in [-0.3, -0.25) is 24.3 Å². The van der Waals surface area contributed by atoms with Crippen LogP contribution in [0.3, 0.4) is 0 Å². The molecule has 2 amide bonds. The van der Waals surface area contributed by atoms with E-state index in [2.05, 4.69) is 67.7 Å². The zero-order valence-electron chi connectivity index (χ0n) is 30.6. The molecule has 5 aliphatic heterocycles. The Kier molecular flexibility index (Phi) is 8.81. The second-order valence-electron chi connectivity index (χ2n) is 16.6. The standard InChI is InChI=1S/C42H44BrF2N5O4/c1-41(2)29-8-6-26(18-34(29)50-33-5-3-4-30(43)37(33)39(53)47-40(41)50)25-10-14-48(15-11-25)22-24-21-42(54-23-24)12-16-49(17-13-42)27-19-31(44)36(32(45)20-27)28-7-9-35(51)46-38(28)52/h3-6,8,18-20,24-25,28H,7,9-17,21-23H2,1-2H3,(H,46,51,52). The van der Waals surface area contributed by atoms with Crippen LogP contribution < -0.4 is 15.8 Å². The Morgan fingerprint density at radius 2 is 1.70 bits per heavy atom. The van der Waals surface area contributed by atoms with Gasteiger partial charge < -0.3 is 14.5 Å². The van der Waals surface area contributed by atoms with Gasteiger partial charge >= 0.3 is 0 Å². The first-order valence-corrected chi connectivity index (χ1v) is 20.0. The first-order chi connectivity index (χ1) is 25.9. The molecule has 0 aliphatic carbocycles. The van der Waals surface area contributed by atoms with Crippen molar-refractivity contribution >= 4 is 44.3 Å². The van der Waals surface area contributed by atoms with Crippen molar-refractivity contribution in [3.8, 4) is 5.69 Å². The Balaban J connectivity index is 0.815. The molecule has 282 valence electrons. The highest BCUT2D eigenvalue weighted by Gasteiger charge is 2.44. The van der Waals surface area contributed by atoms with Crippen LogP contribution in [0.25, 0.3) is 16.6 Å². The molecule has 4 fully saturated rings. The van der Waals surface area contributed by atoms with Crippen molar-refractivity contribution in [2.75, 3.05) is 44.2 Å². The van der Waals surface area contributed by atoms with E-state index in [9.17, 15) is 14.4 Å². The highest BCUT2D eigenvalue weighted by Crippen LogP contribution is 2.45. The molecule has 0 saturated carbocycles. The van der Waals surface area contributed by atoms with Crippen LogP contribution in [0.15, 0.2) is 57.8 Å². The molecule has 12 heteroatoms. The van der Waals surface area contributed by atoms with Crippen molar-refractivity contribution in [1.29, 1.82) is 0 Å². The first-order valence-electron chi connectivity index (χ1n) is 19.2. The van der Waals surface area contributed by atoms with Crippen LogP contribution in [0, 0.1) is 17.6 Å². The molecular formula is C42H44BrF2N5O4. The number of hydrogen-bond donors (Lipinski definition) is 1. The number of fused-ring (bicyclic) bond motifs is 5. The number of likely N-dealkylation sites (tertiary alicyclic amines) is 1. The molecule has 9 rings (SSSR count). The summed E-state index contributed by atoms with van der Waals surface area (Å²) in [6, 6.07) is 15.4. The summed E-state index contributed by atoms with van der Waals surface area (Å²) in [7, 11) is 0. The molecule has 3 aromatic carbocycles. The van der Waals surface area contributed by atoms with Gasteiger partial charge in [-0.1, -0.05) is 18.2 Å². The fourth-order valence-electron chi connectivity index (χ4n) is 9.97. The number of aromatic nitrogens is 2. The summed E-state index contributed by atoms with van der Waals surface area (Å²) in [6.45, 7) is 9.34. The topological polar surface area (TPSA) is 96.8 Å². The van der Waals surface area contributed by atoms with Crippen LogP contribution in [0.2, 0.25) is 0 Å². The van der Waals surface area contributed by atoms with Crippen molar-refractivity contribution in [1.82, 2.24) is 19.8 Å². The number of benzene rings is 3. The Bertz CT molecular complexity index is 2240. The van der Waals surface area contributed by atoms with Crippen molar-refractivity contribution in [2.24, 2.45) is 5.92 Å². The van der Waals surface area contributed by atoms with Gasteiger partial charge in [0.05, 0.1) is 40.1 Å². The van der Waals surface area contributed by atoms with Gasteiger partial charge in [-0.25, -0.2) is 8.78 Å². The van der Waals surface area contributed by atoms with E-state index in [0.717, 1.165) is 79.8 Å². The Morgan fingerprint density at radius 1 is 0.963 bits per heavy atom. The molecule has 1 spiro atoms. The van der Waals surface area contributed by atoms with Gasteiger partial charge in [0.25, 0.3) is 5.56 Å². The number of piperidine rings is 3. The van der Waals surface area contributed by atoms with Crippen LogP contribution in [-0.4, -0.2) is 71.2 Å². The zero-order chi connectivity index (χ0) is 37.5. The maximum Gasteiger partial charge on any atom is 0.281 e. The molecule has 0 radical (unpaired) electrons. The van der Waals surface area contributed by atoms with E-state index in [1.807, 2.05) is 23.1 Å². The van der Waals surface area contributed by atoms with Gasteiger partial charge in [-0.15, -0.1) is 0 Å². The van der Waals surface area contributed by atoms with Gasteiger partial charge in [0.15, 0.2) is 0 Å². The summed E-state index contributed by atoms with van der Waals surface area (Å²) >= 11 is 3.58. The van der Waals surface area contributed by atoms with Crippen molar-refractivity contribution in [2.45, 2.75) is 81.6 Å². The van der Waals surface area contributed by atoms with E-state index < -0.39 is 29.4 Å². The fraction of sp³-hybridized carbons (Fsp3) is 0.476. The molecule has 2 atom stereocenters. The SMILES string of the molecule is CC1(C)c2ccc(C3CCN(CC4COC5(CCN(c6cc(F)c(C7CCC(=O)NC7=O)c(F)c6)CC5)C4)CC3)cc2-n2c1nc(=O)c1c(Br)cccc12. The van der Waals surface area contributed by atoms with E-state index in [-0.39, 0.29) is 35.0 Å². The zero-order valence-corrected chi connectivity index (χ0v) is 32.2. The summed E-state index contributed by atoms with van der Waals surface area (Å²) in [5, 5.41) is 2.80. The highest BCUT2D eigenvalue weighted by molar-refractivity contribution is 9.10. The largest absolute Gasteiger partial charge is 0.375 e. The normalized spacial score (nSPS) is 23.9. The number of imide groups is 1. The van der Waals surface area contributed by atoms with Crippen LogP contribution in [-0.2, 0) is 19.7 Å². The summed E-state index contributed by atoms with van der Waals surface area (Å²) in [6.07, 6.45) is 4.88. The predicted molar refractivity (Wildman–Crippen MR) is 205 cm³/mol. The predicted octanol–water partition coefficient (Wildman–Crippen LogP) is 6.84. The van der Waals surface area contributed by atoms with E-state index in [4.69, 9.17) is 4.74 Å². The maximum absolute atomic E-state index is 15.2. The minimum absolute atomic E-state index is 0.0643. The Labute approximate surface area is 321 Å². The van der Waals surface area contributed by atoms with E-state index >= 15 is 8.78 Å². The van der Waals surface area contributed by atoms with Crippen LogP contribution in [0.5, 0.6) is 0 Å². The third kappa shape index (κ3) is 5.99. The van der Waals surface area contributed by atoms with Crippen LogP contribution >= 0.6 is 15.9 Å². The molecule has 54 heavy (non-hydrogen) atoms. The van der Waals surface area contributed by atoms with E-state index in [0.29, 0.717) is 36.0 Å². The van der Waals surface area contributed by atoms with Crippen molar-refractivity contribution < 1.29 is 23.1 Å². The summed E-state index contributed by atoms with van der Waals surface area (Å²) in [4.78, 5) is 46.1. The van der Waals surface area contributed by atoms with E-state index in [1.165, 1.54) is 23.3 Å². The average Bonchev–Trinajstić information content (AvgIpc) is 3.63. The monoisotopic (exact) mass is 799 g/mol. The van der Waals surface area contributed by atoms with E-state index in [1.54, 1.807) is 0 Å². The number of amides is 2. The molecule has 4 saturated heterocycles. The molecule has 6 heterocycles. The van der Waals surface area contributed by atoms with Crippen molar-refractivity contribution in [3.05, 3.63) is 97.5 Å². The number of anilines is 1. The second-order valence-corrected chi connectivity index (χ2v) is 17.4.